The molecule has 0 saturated heterocycles. The van der Waals surface area contributed by atoms with E-state index >= 15 is 0 Å². The van der Waals surface area contributed by atoms with Crippen molar-refractivity contribution in [2.75, 3.05) is 0 Å². The zero-order valence-corrected chi connectivity index (χ0v) is 10.5. The van der Waals surface area contributed by atoms with E-state index in [-0.39, 0.29) is 0 Å². The molecular formula is C14H23N3. The maximum Gasteiger partial charge on any atom is 0.0948 e. The summed E-state index contributed by atoms with van der Waals surface area (Å²) in [5.41, 5.74) is 7.65. The van der Waals surface area contributed by atoms with Crippen molar-refractivity contribution in [3.63, 3.8) is 0 Å². The van der Waals surface area contributed by atoms with E-state index in [9.17, 15) is 0 Å². The van der Waals surface area contributed by atoms with Crippen LogP contribution in [0.5, 0.6) is 0 Å². The molecule has 1 unspecified atom stereocenters. The fourth-order valence-electron chi connectivity index (χ4n) is 3.12. The molecule has 1 aromatic heterocycles. The SMILES string of the molecule is NC(Cn1cncc1C1CCCCC1)C1CC1. The Bertz CT molecular complexity index is 361. The molecule has 3 rings (SSSR count). The van der Waals surface area contributed by atoms with E-state index in [1.807, 2.05) is 6.33 Å². The van der Waals surface area contributed by atoms with Crippen molar-refractivity contribution in [1.82, 2.24) is 9.55 Å². The number of hydrogen-bond acceptors (Lipinski definition) is 2. The lowest BCUT2D eigenvalue weighted by Crippen LogP contribution is -2.29. The van der Waals surface area contributed by atoms with E-state index in [1.165, 1.54) is 50.6 Å². The number of aromatic nitrogens is 2. The minimum atomic E-state index is 0.339. The molecule has 0 aromatic carbocycles. The van der Waals surface area contributed by atoms with Crippen LogP contribution in [0.2, 0.25) is 0 Å². The summed E-state index contributed by atoms with van der Waals surface area (Å²) >= 11 is 0. The van der Waals surface area contributed by atoms with Crippen molar-refractivity contribution >= 4 is 0 Å². The predicted molar refractivity (Wildman–Crippen MR) is 68.8 cm³/mol. The Morgan fingerprint density at radius 3 is 2.71 bits per heavy atom. The van der Waals surface area contributed by atoms with Crippen molar-refractivity contribution in [2.24, 2.45) is 11.7 Å². The normalized spacial score (nSPS) is 23.8. The summed E-state index contributed by atoms with van der Waals surface area (Å²) in [6.07, 6.45) is 13.5. The van der Waals surface area contributed by atoms with Crippen LogP contribution in [0.3, 0.4) is 0 Å². The lowest BCUT2D eigenvalue weighted by atomic mass is 9.87. The van der Waals surface area contributed by atoms with Crippen LogP contribution in [0, 0.1) is 5.92 Å². The van der Waals surface area contributed by atoms with Gasteiger partial charge in [0.2, 0.25) is 0 Å². The van der Waals surface area contributed by atoms with E-state index < -0.39 is 0 Å². The van der Waals surface area contributed by atoms with Crippen LogP contribution in [-0.2, 0) is 6.54 Å². The molecule has 2 saturated carbocycles. The molecule has 2 aliphatic rings. The molecule has 3 heteroatoms. The van der Waals surface area contributed by atoms with Gasteiger partial charge in [0.25, 0.3) is 0 Å². The first kappa shape index (κ1) is 11.3. The van der Waals surface area contributed by atoms with E-state index in [4.69, 9.17) is 5.73 Å². The maximum absolute atomic E-state index is 6.22. The van der Waals surface area contributed by atoms with Crippen molar-refractivity contribution in [1.29, 1.82) is 0 Å². The van der Waals surface area contributed by atoms with Gasteiger partial charge < -0.3 is 10.3 Å². The van der Waals surface area contributed by atoms with E-state index in [0.29, 0.717) is 6.04 Å². The van der Waals surface area contributed by atoms with Gasteiger partial charge in [-0.1, -0.05) is 19.3 Å². The molecule has 1 aromatic rings. The third-order valence-electron chi connectivity index (χ3n) is 4.40. The fraction of sp³-hybridized carbons (Fsp3) is 0.786. The molecule has 0 aliphatic heterocycles. The Morgan fingerprint density at radius 1 is 1.24 bits per heavy atom. The summed E-state index contributed by atoms with van der Waals surface area (Å²) in [6, 6.07) is 0.339. The first-order valence-electron chi connectivity index (χ1n) is 7.10. The first-order valence-corrected chi connectivity index (χ1v) is 7.10. The largest absolute Gasteiger partial charge is 0.333 e. The summed E-state index contributed by atoms with van der Waals surface area (Å²) in [5, 5.41) is 0. The Kier molecular flexibility index (Phi) is 3.19. The molecule has 1 atom stereocenters. The highest BCUT2D eigenvalue weighted by Crippen LogP contribution is 2.34. The van der Waals surface area contributed by atoms with Gasteiger partial charge in [-0.15, -0.1) is 0 Å². The number of hydrogen-bond donors (Lipinski definition) is 1. The molecule has 0 radical (unpaired) electrons. The van der Waals surface area contributed by atoms with Crippen LogP contribution in [0.15, 0.2) is 12.5 Å². The Hall–Kier alpha value is -0.830. The summed E-state index contributed by atoms with van der Waals surface area (Å²) in [4.78, 5) is 4.34. The monoisotopic (exact) mass is 233 g/mol. The lowest BCUT2D eigenvalue weighted by molar-refractivity contribution is 0.410. The first-order chi connectivity index (χ1) is 8.34. The Morgan fingerprint density at radius 2 is 2.00 bits per heavy atom. The van der Waals surface area contributed by atoms with E-state index in [2.05, 4.69) is 15.7 Å². The highest BCUT2D eigenvalue weighted by molar-refractivity contribution is 5.08. The molecular weight excluding hydrogens is 210 g/mol. The zero-order valence-electron chi connectivity index (χ0n) is 10.5. The average Bonchev–Trinajstić information content (AvgIpc) is 3.12. The highest BCUT2D eigenvalue weighted by atomic mass is 15.1. The standard InChI is InChI=1S/C14H23N3/c15-13(11-6-7-11)9-17-10-16-8-14(17)12-4-2-1-3-5-12/h8,10-13H,1-7,9,15H2. The second kappa shape index (κ2) is 4.81. The van der Waals surface area contributed by atoms with Gasteiger partial charge in [0.15, 0.2) is 0 Å². The van der Waals surface area contributed by atoms with E-state index in [1.54, 1.807) is 0 Å². The van der Waals surface area contributed by atoms with Crippen LogP contribution in [0.1, 0.15) is 56.6 Å². The second-order valence-electron chi connectivity index (χ2n) is 5.81. The predicted octanol–water partition coefficient (Wildman–Crippen LogP) is 2.67. The van der Waals surface area contributed by atoms with Crippen molar-refractivity contribution in [2.45, 2.75) is 63.5 Å². The van der Waals surface area contributed by atoms with E-state index in [0.717, 1.165) is 18.4 Å². The molecule has 2 aliphatic carbocycles. The molecule has 2 N–H and O–H groups in total. The fourth-order valence-corrected chi connectivity index (χ4v) is 3.12. The molecule has 3 nitrogen and oxygen atoms in total. The van der Waals surface area contributed by atoms with Gasteiger partial charge in [0.05, 0.1) is 6.33 Å². The zero-order chi connectivity index (χ0) is 11.7. The number of rotatable bonds is 4. The average molecular weight is 233 g/mol. The Balaban J connectivity index is 1.69. The Labute approximate surface area is 103 Å². The van der Waals surface area contributed by atoms with Crippen molar-refractivity contribution < 1.29 is 0 Å². The molecule has 0 amide bonds. The number of imidazole rings is 1. The molecule has 0 bridgehead atoms. The third-order valence-corrected chi connectivity index (χ3v) is 4.40. The van der Waals surface area contributed by atoms with Gasteiger partial charge in [-0.25, -0.2) is 4.98 Å². The van der Waals surface area contributed by atoms with Crippen LogP contribution in [0.25, 0.3) is 0 Å². The van der Waals surface area contributed by atoms with Gasteiger partial charge in [0.1, 0.15) is 0 Å². The van der Waals surface area contributed by atoms with Gasteiger partial charge in [-0.2, -0.15) is 0 Å². The number of nitrogens with zero attached hydrogens (tertiary/aromatic N) is 2. The quantitative estimate of drug-likeness (QED) is 0.869. The summed E-state index contributed by atoms with van der Waals surface area (Å²) in [6.45, 7) is 0.969. The molecule has 17 heavy (non-hydrogen) atoms. The van der Waals surface area contributed by atoms with Crippen LogP contribution >= 0.6 is 0 Å². The van der Waals surface area contributed by atoms with Crippen LogP contribution in [-0.4, -0.2) is 15.6 Å². The second-order valence-corrected chi connectivity index (χ2v) is 5.81. The molecule has 94 valence electrons. The molecule has 2 fully saturated rings. The summed E-state index contributed by atoms with van der Waals surface area (Å²) < 4.78 is 2.32. The minimum absolute atomic E-state index is 0.339. The van der Waals surface area contributed by atoms with Gasteiger partial charge >= 0.3 is 0 Å². The van der Waals surface area contributed by atoms with Crippen LogP contribution in [0.4, 0.5) is 0 Å². The smallest absolute Gasteiger partial charge is 0.0948 e. The molecule has 1 heterocycles. The van der Waals surface area contributed by atoms with Gasteiger partial charge in [0, 0.05) is 30.4 Å². The minimum Gasteiger partial charge on any atom is -0.333 e. The topological polar surface area (TPSA) is 43.8 Å². The maximum atomic E-state index is 6.22. The number of nitrogens with two attached hydrogens (primary N) is 1. The lowest BCUT2D eigenvalue weighted by Gasteiger charge is -2.23. The summed E-state index contributed by atoms with van der Waals surface area (Å²) in [7, 11) is 0. The van der Waals surface area contributed by atoms with Crippen molar-refractivity contribution in [3.8, 4) is 0 Å². The molecule has 0 spiro atoms. The highest BCUT2D eigenvalue weighted by Gasteiger charge is 2.29. The van der Waals surface area contributed by atoms with Gasteiger partial charge in [-0.05, 0) is 31.6 Å². The third kappa shape index (κ3) is 2.54. The summed E-state index contributed by atoms with van der Waals surface area (Å²) in [5.74, 6) is 1.51. The van der Waals surface area contributed by atoms with Crippen LogP contribution < -0.4 is 5.73 Å². The van der Waals surface area contributed by atoms with Crippen molar-refractivity contribution in [3.05, 3.63) is 18.2 Å². The van der Waals surface area contributed by atoms with Gasteiger partial charge in [-0.3, -0.25) is 0 Å².